The second-order valence-corrected chi connectivity index (χ2v) is 8.42. The van der Waals surface area contributed by atoms with E-state index in [4.69, 9.17) is 9.47 Å². The first-order chi connectivity index (χ1) is 13.8. The highest BCUT2D eigenvalue weighted by Crippen LogP contribution is 2.30. The molecule has 0 aliphatic carbocycles. The molecule has 1 fully saturated rings. The predicted molar refractivity (Wildman–Crippen MR) is 106 cm³/mol. The lowest BCUT2D eigenvalue weighted by molar-refractivity contribution is -0.128. The van der Waals surface area contributed by atoms with E-state index in [0.717, 1.165) is 0 Å². The summed E-state index contributed by atoms with van der Waals surface area (Å²) in [7, 11) is -1.20. The molecule has 1 aliphatic heterocycles. The summed E-state index contributed by atoms with van der Waals surface area (Å²) in [5.74, 6) is -0.102. The topological polar surface area (TPSA) is 102 Å². The number of aryl methyl sites for hydroxylation is 1. The van der Waals surface area contributed by atoms with Crippen LogP contribution in [0.5, 0.6) is 11.5 Å². The Bertz CT molecular complexity index is 1050. The second-order valence-electron chi connectivity index (χ2n) is 6.60. The van der Waals surface area contributed by atoms with E-state index in [1.807, 2.05) is 0 Å². The molecule has 8 nitrogen and oxygen atoms in total. The van der Waals surface area contributed by atoms with Gasteiger partial charge in [-0.25, -0.2) is 12.7 Å². The molecule has 1 aliphatic rings. The minimum absolute atomic E-state index is 0.0232. The summed E-state index contributed by atoms with van der Waals surface area (Å²) in [5.41, 5.74) is 1.06. The van der Waals surface area contributed by atoms with Crippen LogP contribution >= 0.6 is 0 Å². The maximum absolute atomic E-state index is 13.1. The van der Waals surface area contributed by atoms with Crippen molar-refractivity contribution >= 4 is 27.5 Å². The third kappa shape index (κ3) is 4.04. The van der Waals surface area contributed by atoms with Gasteiger partial charge in [0.25, 0.3) is 10.0 Å². The van der Waals surface area contributed by atoms with Crippen LogP contribution in [0.4, 0.5) is 5.69 Å². The standard InChI is InChI=1S/C20H22N2O6S/c1-13-11-16(7-9-18(13)28-3)29(25,26)22-17(8-10-19(22)23)20(24)21-14-5-4-6-15(12-14)27-2/h4-7,9,11-12,17H,8,10H2,1-3H3,(H,21,24)/t17-/m0/s1. The Kier molecular flexibility index (Phi) is 5.78. The molecule has 1 atom stereocenters. The number of amides is 2. The zero-order chi connectivity index (χ0) is 21.2. The van der Waals surface area contributed by atoms with Crippen LogP contribution in [0.25, 0.3) is 0 Å². The SMILES string of the molecule is COc1cccc(NC(=O)[C@@H]2CCC(=O)N2S(=O)(=O)c2ccc(OC)c(C)c2)c1. The summed E-state index contributed by atoms with van der Waals surface area (Å²) in [5, 5.41) is 2.67. The number of nitrogens with one attached hydrogen (secondary N) is 1. The Morgan fingerprint density at radius 2 is 1.90 bits per heavy atom. The van der Waals surface area contributed by atoms with E-state index in [2.05, 4.69) is 5.32 Å². The fourth-order valence-corrected chi connectivity index (χ4v) is 4.94. The summed E-state index contributed by atoms with van der Waals surface area (Å²) in [6.07, 6.45) is 0.0908. The van der Waals surface area contributed by atoms with Crippen molar-refractivity contribution in [2.24, 2.45) is 0 Å². The highest BCUT2D eigenvalue weighted by atomic mass is 32.2. The lowest BCUT2D eigenvalue weighted by Crippen LogP contribution is -2.45. The number of benzene rings is 2. The molecule has 1 saturated heterocycles. The lowest BCUT2D eigenvalue weighted by atomic mass is 10.2. The van der Waals surface area contributed by atoms with E-state index in [9.17, 15) is 18.0 Å². The molecule has 2 amide bonds. The van der Waals surface area contributed by atoms with Crippen LogP contribution in [0.2, 0.25) is 0 Å². The monoisotopic (exact) mass is 418 g/mol. The Morgan fingerprint density at radius 3 is 2.55 bits per heavy atom. The maximum atomic E-state index is 13.1. The van der Waals surface area contributed by atoms with Crippen molar-refractivity contribution in [2.45, 2.75) is 30.7 Å². The first-order valence-corrected chi connectivity index (χ1v) is 10.4. The van der Waals surface area contributed by atoms with Gasteiger partial charge in [0.05, 0.1) is 19.1 Å². The number of hydrogen-bond donors (Lipinski definition) is 1. The summed E-state index contributed by atoms with van der Waals surface area (Å²) in [6.45, 7) is 1.70. The van der Waals surface area contributed by atoms with Crippen molar-refractivity contribution in [1.82, 2.24) is 4.31 Å². The van der Waals surface area contributed by atoms with Gasteiger partial charge >= 0.3 is 0 Å². The van der Waals surface area contributed by atoms with Crippen LogP contribution in [0.15, 0.2) is 47.4 Å². The normalized spacial score (nSPS) is 16.6. The molecular formula is C20H22N2O6S. The number of nitrogens with zero attached hydrogens (tertiary/aromatic N) is 1. The average molecular weight is 418 g/mol. The molecule has 0 saturated carbocycles. The van der Waals surface area contributed by atoms with Gasteiger partial charge in [-0.15, -0.1) is 0 Å². The number of anilines is 1. The van der Waals surface area contributed by atoms with Gasteiger partial charge in [-0.2, -0.15) is 0 Å². The molecule has 29 heavy (non-hydrogen) atoms. The van der Waals surface area contributed by atoms with Gasteiger partial charge in [0.1, 0.15) is 17.5 Å². The van der Waals surface area contributed by atoms with Gasteiger partial charge in [-0.1, -0.05) is 6.07 Å². The third-order valence-electron chi connectivity index (χ3n) is 4.72. The number of hydrogen-bond acceptors (Lipinski definition) is 6. The molecule has 0 bridgehead atoms. The number of methoxy groups -OCH3 is 2. The molecule has 1 N–H and O–H groups in total. The smallest absolute Gasteiger partial charge is 0.267 e. The summed E-state index contributed by atoms with van der Waals surface area (Å²) in [4.78, 5) is 25.1. The van der Waals surface area contributed by atoms with Gasteiger partial charge in [0.2, 0.25) is 11.8 Å². The van der Waals surface area contributed by atoms with Gasteiger partial charge in [-0.3, -0.25) is 9.59 Å². The first-order valence-electron chi connectivity index (χ1n) is 8.94. The zero-order valence-electron chi connectivity index (χ0n) is 16.3. The van der Waals surface area contributed by atoms with E-state index in [1.165, 1.54) is 32.4 Å². The van der Waals surface area contributed by atoms with Crippen LogP contribution in [0.1, 0.15) is 18.4 Å². The Morgan fingerprint density at radius 1 is 1.14 bits per heavy atom. The molecular weight excluding hydrogens is 396 g/mol. The van der Waals surface area contributed by atoms with E-state index in [0.29, 0.717) is 27.1 Å². The molecule has 0 radical (unpaired) electrons. The van der Waals surface area contributed by atoms with Crippen molar-refractivity contribution in [1.29, 1.82) is 0 Å². The van der Waals surface area contributed by atoms with Crippen LogP contribution in [-0.4, -0.2) is 44.8 Å². The Hall–Kier alpha value is -3.07. The van der Waals surface area contributed by atoms with E-state index < -0.39 is 27.9 Å². The number of rotatable bonds is 6. The minimum atomic E-state index is -4.19. The fraction of sp³-hybridized carbons (Fsp3) is 0.300. The van der Waals surface area contributed by atoms with Gasteiger partial charge < -0.3 is 14.8 Å². The quantitative estimate of drug-likeness (QED) is 0.773. The van der Waals surface area contributed by atoms with Crippen molar-refractivity contribution in [2.75, 3.05) is 19.5 Å². The van der Waals surface area contributed by atoms with E-state index in [-0.39, 0.29) is 17.7 Å². The number of sulfonamides is 1. The maximum Gasteiger partial charge on any atom is 0.267 e. The van der Waals surface area contributed by atoms with Crippen LogP contribution in [-0.2, 0) is 19.6 Å². The molecule has 154 valence electrons. The number of carbonyl (C=O) groups is 2. The number of carbonyl (C=O) groups excluding carboxylic acids is 2. The molecule has 0 spiro atoms. The average Bonchev–Trinajstić information content (AvgIpc) is 3.10. The highest BCUT2D eigenvalue weighted by Gasteiger charge is 2.44. The highest BCUT2D eigenvalue weighted by molar-refractivity contribution is 7.89. The van der Waals surface area contributed by atoms with Crippen molar-refractivity contribution in [3.8, 4) is 11.5 Å². The van der Waals surface area contributed by atoms with Gasteiger partial charge in [0, 0.05) is 18.2 Å². The second kappa shape index (κ2) is 8.12. The lowest BCUT2D eigenvalue weighted by Gasteiger charge is -2.24. The van der Waals surface area contributed by atoms with Crippen LogP contribution in [0, 0.1) is 6.92 Å². The van der Waals surface area contributed by atoms with Crippen LogP contribution < -0.4 is 14.8 Å². The largest absolute Gasteiger partial charge is 0.497 e. The van der Waals surface area contributed by atoms with Crippen molar-refractivity contribution in [3.63, 3.8) is 0 Å². The van der Waals surface area contributed by atoms with Crippen molar-refractivity contribution in [3.05, 3.63) is 48.0 Å². The van der Waals surface area contributed by atoms with E-state index in [1.54, 1.807) is 31.2 Å². The molecule has 2 aromatic carbocycles. The Balaban J connectivity index is 1.89. The summed E-state index contributed by atoms with van der Waals surface area (Å²) in [6, 6.07) is 9.87. The van der Waals surface area contributed by atoms with Gasteiger partial charge in [0.15, 0.2) is 0 Å². The van der Waals surface area contributed by atoms with Crippen molar-refractivity contribution < 1.29 is 27.5 Å². The first kappa shape index (κ1) is 20.7. The fourth-order valence-electron chi connectivity index (χ4n) is 3.25. The molecule has 1 heterocycles. The third-order valence-corrected chi connectivity index (χ3v) is 6.55. The van der Waals surface area contributed by atoms with Gasteiger partial charge in [-0.05, 0) is 49.2 Å². The zero-order valence-corrected chi connectivity index (χ0v) is 17.2. The molecule has 0 aromatic heterocycles. The minimum Gasteiger partial charge on any atom is -0.497 e. The molecule has 9 heteroatoms. The Labute approximate surface area is 169 Å². The summed E-state index contributed by atoms with van der Waals surface area (Å²) < 4.78 is 37.2. The van der Waals surface area contributed by atoms with E-state index >= 15 is 0 Å². The number of ether oxygens (including phenoxy) is 2. The molecule has 2 aromatic rings. The molecule has 0 unspecified atom stereocenters. The molecule has 3 rings (SSSR count). The van der Waals surface area contributed by atoms with Crippen LogP contribution in [0.3, 0.4) is 0 Å². The predicted octanol–water partition coefficient (Wildman–Crippen LogP) is 2.33. The summed E-state index contributed by atoms with van der Waals surface area (Å²) >= 11 is 0.